The summed E-state index contributed by atoms with van der Waals surface area (Å²) in [6.07, 6.45) is 0.944. The Hall–Kier alpha value is -1.43. The van der Waals surface area contributed by atoms with Gasteiger partial charge in [-0.3, -0.25) is 0 Å². The molecule has 1 aliphatic carbocycles. The Kier molecular flexibility index (Phi) is 7.41. The summed E-state index contributed by atoms with van der Waals surface area (Å²) in [6, 6.07) is 8.30. The minimum Gasteiger partial charge on any atom is -0.0949 e. The Morgan fingerprint density at radius 3 is 1.60 bits per heavy atom. The van der Waals surface area contributed by atoms with Crippen LogP contribution in [0.4, 0.5) is 0 Å². The van der Waals surface area contributed by atoms with E-state index in [-0.39, 0.29) is 14.9 Å². The first-order chi connectivity index (χ1) is 6.29. The monoisotopic (exact) mass is 203 g/mol. The quantitative estimate of drug-likeness (QED) is 0.506. The molecule has 0 fully saturated rings. The second-order valence-corrected chi connectivity index (χ2v) is 2.93. The highest BCUT2D eigenvalue weighted by Gasteiger charge is 2.15. The summed E-state index contributed by atoms with van der Waals surface area (Å²) in [5, 5.41) is 0. The standard InChI is InChI=1S/C11H10.C2H6.CH4.CH3/c1-8-7-9(2)11-6-4-3-5-10(8)11;1-2;;/h3-6H,1-2,7H2;1-2H3;1H4;1H3/q;;;+1. The lowest BCUT2D eigenvalue weighted by Gasteiger charge is -1.96. The first-order valence-electron chi connectivity index (χ1n) is 4.74. The van der Waals surface area contributed by atoms with Crippen LogP contribution in [-0.2, 0) is 0 Å². The number of allylic oxidation sites excluding steroid dienone is 2. The molecule has 0 saturated heterocycles. The lowest BCUT2D eigenvalue weighted by molar-refractivity contribution is 1.50. The van der Waals surface area contributed by atoms with Crippen molar-refractivity contribution in [2.45, 2.75) is 27.7 Å². The highest BCUT2D eigenvalue weighted by atomic mass is 14.2. The van der Waals surface area contributed by atoms with Gasteiger partial charge in [-0.25, -0.2) is 0 Å². The normalized spacial score (nSPS) is 11.6. The van der Waals surface area contributed by atoms with Crippen molar-refractivity contribution < 1.29 is 0 Å². The van der Waals surface area contributed by atoms with Crippen molar-refractivity contribution in [1.29, 1.82) is 0 Å². The van der Waals surface area contributed by atoms with Crippen molar-refractivity contribution in [2.75, 3.05) is 0 Å². The summed E-state index contributed by atoms with van der Waals surface area (Å²) >= 11 is 0. The van der Waals surface area contributed by atoms with Gasteiger partial charge in [0.1, 0.15) is 0 Å². The summed E-state index contributed by atoms with van der Waals surface area (Å²) in [6.45, 7) is 12.0. The van der Waals surface area contributed by atoms with E-state index in [0.717, 1.165) is 6.42 Å². The van der Waals surface area contributed by atoms with E-state index in [1.165, 1.54) is 22.3 Å². The largest absolute Gasteiger partial charge is 0.0949 e. The van der Waals surface area contributed by atoms with Crippen LogP contribution in [0.25, 0.3) is 11.1 Å². The molecular formula is C15H23+. The zero-order chi connectivity index (χ0) is 9.84. The maximum atomic E-state index is 3.99. The molecule has 0 saturated carbocycles. The smallest absolute Gasteiger partial charge is 0.0467 e. The molecule has 1 aromatic carbocycles. The van der Waals surface area contributed by atoms with E-state index < -0.39 is 0 Å². The molecule has 1 aromatic rings. The highest BCUT2D eigenvalue weighted by Crippen LogP contribution is 2.37. The third kappa shape index (κ3) is 3.02. The Bertz CT molecular complexity index is 299. The average Bonchev–Trinajstić information content (AvgIpc) is 2.47. The minimum atomic E-state index is 0. The molecule has 0 heteroatoms. The molecule has 0 aromatic heterocycles. The molecule has 0 aliphatic heterocycles. The maximum Gasteiger partial charge on any atom is 0.0467 e. The summed E-state index contributed by atoms with van der Waals surface area (Å²) in [5.74, 6) is 0. The fraction of sp³-hybridized carbons (Fsp3) is 0.267. The van der Waals surface area contributed by atoms with Gasteiger partial charge in [-0.2, -0.15) is 0 Å². The van der Waals surface area contributed by atoms with Crippen molar-refractivity contribution in [3.63, 3.8) is 0 Å². The van der Waals surface area contributed by atoms with Crippen LogP contribution < -0.4 is 0 Å². The van der Waals surface area contributed by atoms with Crippen LogP contribution in [-0.4, -0.2) is 0 Å². The van der Waals surface area contributed by atoms with E-state index in [4.69, 9.17) is 0 Å². The summed E-state index contributed by atoms with van der Waals surface area (Å²) in [7, 11) is 0. The van der Waals surface area contributed by atoms with E-state index in [9.17, 15) is 0 Å². The molecule has 2 rings (SSSR count). The molecule has 82 valence electrons. The van der Waals surface area contributed by atoms with Crippen molar-refractivity contribution >= 4 is 11.1 Å². The van der Waals surface area contributed by atoms with Gasteiger partial charge in [-0.05, 0) is 28.7 Å². The Balaban J connectivity index is 0. The van der Waals surface area contributed by atoms with E-state index in [1.54, 1.807) is 0 Å². The molecule has 0 unspecified atom stereocenters. The van der Waals surface area contributed by atoms with Gasteiger partial charge in [-0.15, -0.1) is 0 Å². The number of hydrogen-bond donors (Lipinski definition) is 0. The van der Waals surface area contributed by atoms with Crippen LogP contribution in [0.15, 0.2) is 37.4 Å². The van der Waals surface area contributed by atoms with Gasteiger partial charge in [0.15, 0.2) is 0 Å². The second-order valence-electron chi connectivity index (χ2n) is 2.93. The fourth-order valence-electron chi connectivity index (χ4n) is 1.55. The van der Waals surface area contributed by atoms with Crippen LogP contribution >= 0.6 is 0 Å². The van der Waals surface area contributed by atoms with E-state index in [0.29, 0.717) is 0 Å². The Morgan fingerprint density at radius 2 is 1.27 bits per heavy atom. The van der Waals surface area contributed by atoms with Crippen LogP contribution in [0.3, 0.4) is 0 Å². The maximum absolute atomic E-state index is 3.99. The molecule has 0 amide bonds. The molecule has 0 nitrogen and oxygen atoms in total. The number of fused-ring (bicyclic) bond motifs is 1. The molecule has 0 spiro atoms. The third-order valence-corrected chi connectivity index (χ3v) is 2.12. The van der Waals surface area contributed by atoms with Gasteiger partial charge >= 0.3 is 0 Å². The van der Waals surface area contributed by atoms with Crippen LogP contribution in [0.1, 0.15) is 38.8 Å². The zero-order valence-corrected chi connectivity index (χ0v) is 9.43. The zero-order valence-electron chi connectivity index (χ0n) is 9.43. The van der Waals surface area contributed by atoms with E-state index in [1.807, 2.05) is 26.0 Å². The molecule has 0 atom stereocenters. The van der Waals surface area contributed by atoms with Crippen molar-refractivity contribution in [1.82, 2.24) is 0 Å². The van der Waals surface area contributed by atoms with E-state index >= 15 is 0 Å². The predicted molar refractivity (Wildman–Crippen MR) is 73.6 cm³/mol. The Labute approximate surface area is 95.3 Å². The van der Waals surface area contributed by atoms with E-state index in [2.05, 4.69) is 25.3 Å². The molecule has 1 aliphatic rings. The average molecular weight is 203 g/mol. The molecule has 15 heavy (non-hydrogen) atoms. The predicted octanol–water partition coefficient (Wildman–Crippen LogP) is 5.23. The molecule has 0 N–H and O–H groups in total. The van der Waals surface area contributed by atoms with Gasteiger partial charge in [0, 0.05) is 7.43 Å². The first-order valence-corrected chi connectivity index (χ1v) is 4.74. The number of rotatable bonds is 0. The van der Waals surface area contributed by atoms with Gasteiger partial charge in [0.05, 0.1) is 0 Å². The lowest BCUT2D eigenvalue weighted by atomic mass is 10.1. The van der Waals surface area contributed by atoms with Gasteiger partial charge in [0.2, 0.25) is 0 Å². The van der Waals surface area contributed by atoms with Gasteiger partial charge in [-0.1, -0.05) is 58.7 Å². The summed E-state index contributed by atoms with van der Waals surface area (Å²) in [4.78, 5) is 0. The van der Waals surface area contributed by atoms with Crippen LogP contribution in [0, 0.1) is 7.43 Å². The van der Waals surface area contributed by atoms with Gasteiger partial charge in [0.25, 0.3) is 0 Å². The lowest BCUT2D eigenvalue weighted by Crippen LogP contribution is -1.76. The van der Waals surface area contributed by atoms with Crippen LogP contribution in [0.5, 0.6) is 0 Å². The summed E-state index contributed by atoms with van der Waals surface area (Å²) in [5.41, 5.74) is 4.95. The van der Waals surface area contributed by atoms with Crippen molar-refractivity contribution in [2.24, 2.45) is 0 Å². The molecule has 0 heterocycles. The second kappa shape index (κ2) is 6.94. The van der Waals surface area contributed by atoms with Gasteiger partial charge < -0.3 is 0 Å². The van der Waals surface area contributed by atoms with Crippen molar-refractivity contribution in [3.8, 4) is 0 Å². The molecule has 0 bridgehead atoms. The Morgan fingerprint density at radius 1 is 0.933 bits per heavy atom. The molecular weight excluding hydrogens is 180 g/mol. The third-order valence-electron chi connectivity index (χ3n) is 2.12. The number of benzene rings is 1. The minimum absolute atomic E-state index is 0. The summed E-state index contributed by atoms with van der Waals surface area (Å²) < 4.78 is 0. The SMILES string of the molecule is C.C=C1CC(=C)c2ccccc21.CC.[CH3+]. The topological polar surface area (TPSA) is 0 Å². The van der Waals surface area contributed by atoms with Crippen LogP contribution in [0.2, 0.25) is 0 Å². The number of hydrogen-bond acceptors (Lipinski definition) is 0. The molecule has 0 radical (unpaired) electrons. The van der Waals surface area contributed by atoms with Crippen molar-refractivity contribution in [3.05, 3.63) is 56.0 Å². The highest BCUT2D eigenvalue weighted by molar-refractivity contribution is 5.90. The fourth-order valence-corrected chi connectivity index (χ4v) is 1.55. The first kappa shape index (κ1) is 16.0.